The molecule has 162 valence electrons. The van der Waals surface area contributed by atoms with Gasteiger partial charge in [-0.15, -0.1) is 0 Å². The first-order valence-corrected chi connectivity index (χ1v) is 9.47. The molecule has 0 radical (unpaired) electrons. The van der Waals surface area contributed by atoms with Crippen molar-refractivity contribution in [3.8, 4) is 5.75 Å². The van der Waals surface area contributed by atoms with Gasteiger partial charge in [0.15, 0.2) is 0 Å². The summed E-state index contributed by atoms with van der Waals surface area (Å²) in [6.07, 6.45) is -7.07. The number of anilines is 2. The van der Waals surface area contributed by atoms with Crippen LogP contribution in [0, 0.1) is 0 Å². The summed E-state index contributed by atoms with van der Waals surface area (Å²) in [6, 6.07) is 13.5. The lowest BCUT2D eigenvalue weighted by atomic mass is 9.91. The van der Waals surface area contributed by atoms with E-state index >= 15 is 0 Å². The molecule has 9 nitrogen and oxygen atoms in total. The van der Waals surface area contributed by atoms with Crippen molar-refractivity contribution in [2.75, 3.05) is 30.9 Å². The van der Waals surface area contributed by atoms with Crippen molar-refractivity contribution in [2.45, 2.75) is 30.5 Å². The van der Waals surface area contributed by atoms with Crippen LogP contribution in [0.5, 0.6) is 5.75 Å². The molecule has 3 rings (SSSR count). The zero-order valence-corrected chi connectivity index (χ0v) is 16.7. The van der Waals surface area contributed by atoms with Crippen LogP contribution in [-0.2, 0) is 4.74 Å². The number of aliphatic hydroxyl groups excluding tert-OH is 4. The molecule has 0 saturated carbocycles. The first-order valence-electron chi connectivity index (χ1n) is 9.47. The summed E-state index contributed by atoms with van der Waals surface area (Å²) < 4.78 is 10.8. The van der Waals surface area contributed by atoms with Gasteiger partial charge in [0.05, 0.1) is 6.61 Å². The maximum Gasteiger partial charge on any atom is 0.417 e. The molecule has 0 bridgehead atoms. The molecule has 5 atom stereocenters. The summed E-state index contributed by atoms with van der Waals surface area (Å²) >= 11 is 0. The highest BCUT2D eigenvalue weighted by molar-refractivity contribution is 5.86. The molecule has 1 fully saturated rings. The van der Waals surface area contributed by atoms with Gasteiger partial charge in [-0.3, -0.25) is 5.32 Å². The molecule has 0 aliphatic carbocycles. The number of nitrogens with zero attached hydrogens (tertiary/aromatic N) is 1. The third-order valence-corrected chi connectivity index (χ3v) is 4.92. The van der Waals surface area contributed by atoms with E-state index in [0.717, 1.165) is 5.69 Å². The number of rotatable bonds is 5. The summed E-state index contributed by atoms with van der Waals surface area (Å²) in [6.45, 7) is -0.521. The number of carbonyl (C=O) groups is 1. The number of hydrogen-bond acceptors (Lipinski definition) is 8. The lowest BCUT2D eigenvalue weighted by molar-refractivity contribution is -0.231. The fourth-order valence-corrected chi connectivity index (χ4v) is 3.23. The van der Waals surface area contributed by atoms with E-state index in [4.69, 9.17) is 9.47 Å². The fraction of sp³-hybridized carbons (Fsp3) is 0.381. The first kappa shape index (κ1) is 22.0. The number of nitrogens with one attached hydrogen (secondary N) is 1. The van der Waals surface area contributed by atoms with Gasteiger partial charge in [0.1, 0.15) is 36.3 Å². The Hall–Kier alpha value is -2.69. The van der Waals surface area contributed by atoms with Crippen molar-refractivity contribution >= 4 is 17.5 Å². The minimum atomic E-state index is -1.49. The van der Waals surface area contributed by atoms with E-state index in [2.05, 4.69) is 5.32 Å². The molecule has 2 aromatic carbocycles. The van der Waals surface area contributed by atoms with Crippen molar-refractivity contribution in [1.29, 1.82) is 0 Å². The zero-order chi connectivity index (χ0) is 21.8. The molecular formula is C21H26N2O7. The largest absolute Gasteiger partial charge is 0.417 e. The highest BCUT2D eigenvalue weighted by atomic mass is 16.6. The summed E-state index contributed by atoms with van der Waals surface area (Å²) in [5, 5.41) is 42.1. The Morgan fingerprint density at radius 3 is 2.40 bits per heavy atom. The molecule has 0 spiro atoms. The minimum absolute atomic E-state index is 0.201. The Bertz CT molecular complexity index is 857. The van der Waals surface area contributed by atoms with Gasteiger partial charge in [-0.1, -0.05) is 12.1 Å². The standard InChI is InChI=1S/C21H26N2O7/c1-23(2)14-8-6-13(7-9-14)22-21(28)29-15-5-3-4-12(10-15)20-19(27)18(26)17(25)16(11-24)30-20/h3-10,16-20,24-27H,11H2,1-2H3,(H,22,28)/t16-,17-,18+,19+,20-/m1/s1. The maximum atomic E-state index is 12.2. The molecular weight excluding hydrogens is 392 g/mol. The second-order valence-corrected chi connectivity index (χ2v) is 7.28. The van der Waals surface area contributed by atoms with Crippen LogP contribution in [0.4, 0.5) is 16.2 Å². The fourth-order valence-electron chi connectivity index (χ4n) is 3.23. The number of ether oxygens (including phenoxy) is 2. The second-order valence-electron chi connectivity index (χ2n) is 7.28. The second kappa shape index (κ2) is 9.41. The van der Waals surface area contributed by atoms with Crippen LogP contribution in [0.3, 0.4) is 0 Å². The Morgan fingerprint density at radius 2 is 1.77 bits per heavy atom. The quantitative estimate of drug-likeness (QED) is 0.484. The van der Waals surface area contributed by atoms with Crippen molar-refractivity contribution in [3.05, 3.63) is 54.1 Å². The summed E-state index contributed by atoms with van der Waals surface area (Å²) in [7, 11) is 3.83. The lowest BCUT2D eigenvalue weighted by Crippen LogP contribution is -2.55. The van der Waals surface area contributed by atoms with Crippen LogP contribution in [0.25, 0.3) is 0 Å². The zero-order valence-electron chi connectivity index (χ0n) is 16.7. The summed E-state index contributed by atoms with van der Waals surface area (Å²) in [5.74, 6) is 0.201. The number of aliphatic hydroxyl groups is 4. The molecule has 1 amide bonds. The van der Waals surface area contributed by atoms with Crippen LogP contribution in [-0.4, -0.2) is 71.6 Å². The van der Waals surface area contributed by atoms with Crippen molar-refractivity contribution in [1.82, 2.24) is 0 Å². The van der Waals surface area contributed by atoms with Crippen LogP contribution in [0.15, 0.2) is 48.5 Å². The average Bonchev–Trinajstić information content (AvgIpc) is 2.73. The predicted molar refractivity (Wildman–Crippen MR) is 110 cm³/mol. The van der Waals surface area contributed by atoms with Gasteiger partial charge in [0.25, 0.3) is 0 Å². The molecule has 1 aliphatic heterocycles. The first-order chi connectivity index (χ1) is 14.3. The SMILES string of the molecule is CN(C)c1ccc(NC(=O)Oc2cccc([C@H]3O[C@H](CO)[C@@H](O)[C@H](O)[C@@H]3O)c2)cc1. The molecule has 9 heteroatoms. The van der Waals surface area contributed by atoms with E-state index in [9.17, 15) is 25.2 Å². The normalized spacial score (nSPS) is 26.1. The monoisotopic (exact) mass is 418 g/mol. The summed E-state index contributed by atoms with van der Waals surface area (Å²) in [5.41, 5.74) is 1.98. The van der Waals surface area contributed by atoms with Crippen LogP contribution < -0.4 is 15.0 Å². The molecule has 0 unspecified atom stereocenters. The third-order valence-electron chi connectivity index (χ3n) is 4.92. The molecule has 1 saturated heterocycles. The van der Waals surface area contributed by atoms with Crippen molar-refractivity contribution < 1.29 is 34.7 Å². The van der Waals surface area contributed by atoms with E-state index in [0.29, 0.717) is 11.3 Å². The van der Waals surface area contributed by atoms with Gasteiger partial charge in [0.2, 0.25) is 0 Å². The van der Waals surface area contributed by atoms with Crippen molar-refractivity contribution in [3.63, 3.8) is 0 Å². The van der Waals surface area contributed by atoms with Crippen molar-refractivity contribution in [2.24, 2.45) is 0 Å². The van der Waals surface area contributed by atoms with E-state index in [1.54, 1.807) is 30.3 Å². The van der Waals surface area contributed by atoms with Gasteiger partial charge >= 0.3 is 6.09 Å². The van der Waals surface area contributed by atoms with Crippen LogP contribution >= 0.6 is 0 Å². The summed E-state index contributed by atoms with van der Waals surface area (Å²) in [4.78, 5) is 14.2. The van der Waals surface area contributed by atoms with Gasteiger partial charge in [-0.2, -0.15) is 0 Å². The number of hydrogen-bond donors (Lipinski definition) is 5. The third kappa shape index (κ3) is 4.89. The van der Waals surface area contributed by atoms with E-state index < -0.39 is 43.2 Å². The Labute approximate surface area is 174 Å². The van der Waals surface area contributed by atoms with E-state index in [1.165, 1.54) is 6.07 Å². The molecule has 2 aromatic rings. The van der Waals surface area contributed by atoms with Crippen LogP contribution in [0.2, 0.25) is 0 Å². The van der Waals surface area contributed by atoms with Gasteiger partial charge in [-0.05, 0) is 42.0 Å². The van der Waals surface area contributed by atoms with Gasteiger partial charge < -0.3 is 34.8 Å². The predicted octanol–water partition coefficient (Wildman–Crippen LogP) is 0.878. The van der Waals surface area contributed by atoms with E-state index in [1.807, 2.05) is 31.1 Å². The highest BCUT2D eigenvalue weighted by Crippen LogP contribution is 2.33. The van der Waals surface area contributed by atoms with Gasteiger partial charge in [0, 0.05) is 25.5 Å². The number of benzene rings is 2. The highest BCUT2D eigenvalue weighted by Gasteiger charge is 2.44. The molecule has 1 heterocycles. The smallest absolute Gasteiger partial charge is 0.410 e. The van der Waals surface area contributed by atoms with Crippen LogP contribution in [0.1, 0.15) is 11.7 Å². The lowest BCUT2D eigenvalue weighted by Gasteiger charge is -2.40. The molecule has 5 N–H and O–H groups in total. The Kier molecular flexibility index (Phi) is 6.91. The number of carbonyl (C=O) groups excluding carboxylic acids is 1. The molecule has 0 aromatic heterocycles. The topological polar surface area (TPSA) is 132 Å². The van der Waals surface area contributed by atoms with Gasteiger partial charge in [-0.25, -0.2) is 4.79 Å². The van der Waals surface area contributed by atoms with E-state index in [-0.39, 0.29) is 5.75 Å². The maximum absolute atomic E-state index is 12.2. The molecule has 1 aliphatic rings. The Balaban J connectivity index is 1.68. The number of amides is 1. The average molecular weight is 418 g/mol. The molecule has 30 heavy (non-hydrogen) atoms. The Morgan fingerprint density at radius 1 is 1.07 bits per heavy atom. The minimum Gasteiger partial charge on any atom is -0.410 e.